The average Bonchev–Trinajstić information content (AvgIpc) is 3.21. The van der Waals surface area contributed by atoms with E-state index in [0.29, 0.717) is 5.56 Å². The Hall–Kier alpha value is -3.01. The zero-order chi connectivity index (χ0) is 27.4. The Morgan fingerprint density at radius 1 is 1.16 bits per heavy atom. The number of alkyl halides is 2. The summed E-state index contributed by atoms with van der Waals surface area (Å²) < 4.78 is 29.6. The van der Waals surface area contributed by atoms with Gasteiger partial charge in [0.25, 0.3) is 11.8 Å². The zero-order valence-corrected chi connectivity index (χ0v) is 19.9. The number of hydrogen-bond acceptors (Lipinski definition) is 4. The summed E-state index contributed by atoms with van der Waals surface area (Å²) in [6.07, 6.45) is -0.366. The van der Waals surface area contributed by atoms with Gasteiger partial charge < -0.3 is 14.5 Å². The van der Waals surface area contributed by atoms with Crippen molar-refractivity contribution in [2.45, 2.75) is 36.1 Å². The third-order valence-electron chi connectivity index (χ3n) is 6.44. The maximum atomic E-state index is 14.8. The van der Waals surface area contributed by atoms with Crippen molar-refractivity contribution in [1.29, 1.82) is 0 Å². The number of hydrogen-bond donors (Lipinski definition) is 0. The van der Waals surface area contributed by atoms with Gasteiger partial charge in [-0.3, -0.25) is 19.2 Å². The van der Waals surface area contributed by atoms with E-state index in [1.807, 2.05) is 0 Å². The molecule has 0 N–H and O–H groups in total. The Morgan fingerprint density at radius 3 is 2.41 bits per heavy atom. The molecule has 1 fully saturated rings. The number of fused-ring (bicyclic) bond motifs is 1. The van der Waals surface area contributed by atoms with Crippen LogP contribution in [0.4, 0.5) is 8.78 Å². The molecule has 2 heterocycles. The summed E-state index contributed by atoms with van der Waals surface area (Å²) in [5.41, 5.74) is -2.03. The lowest BCUT2D eigenvalue weighted by atomic mass is 9.61. The molecule has 0 saturated carbocycles. The van der Waals surface area contributed by atoms with Gasteiger partial charge in [0.1, 0.15) is 15.7 Å². The van der Waals surface area contributed by atoms with E-state index >= 15 is 0 Å². The van der Waals surface area contributed by atoms with Crippen LogP contribution in [0.5, 0.6) is 0 Å². The van der Waals surface area contributed by atoms with Crippen molar-refractivity contribution >= 4 is 74.7 Å². The lowest BCUT2D eigenvalue weighted by Crippen LogP contribution is -2.65. The van der Waals surface area contributed by atoms with Gasteiger partial charge in [-0.05, 0) is 35.7 Å². The first kappa shape index (κ1) is 27.0. The molecule has 2 aliphatic rings. The number of carbonyl (C=O) groups excluding carboxylic acids is 4. The molecule has 2 aliphatic heterocycles. The fraction of sp³-hybridized carbons (Fsp3) is 0.273. The van der Waals surface area contributed by atoms with Crippen LogP contribution in [0.2, 0.25) is 10.8 Å². The Balaban J connectivity index is 1.57. The van der Waals surface area contributed by atoms with Crippen LogP contribution in [-0.4, -0.2) is 83.1 Å². The van der Waals surface area contributed by atoms with E-state index in [4.69, 9.17) is 51.1 Å². The highest BCUT2D eigenvalue weighted by Gasteiger charge is 2.51. The first-order valence-electron chi connectivity index (χ1n) is 10.8. The van der Waals surface area contributed by atoms with E-state index in [2.05, 4.69) is 0 Å². The molecule has 3 atom stereocenters. The van der Waals surface area contributed by atoms with Gasteiger partial charge in [-0.25, -0.2) is 0 Å². The van der Waals surface area contributed by atoms with Crippen molar-refractivity contribution in [2.24, 2.45) is 0 Å². The first-order valence-corrected chi connectivity index (χ1v) is 11.2. The minimum atomic E-state index is -4.00. The summed E-state index contributed by atoms with van der Waals surface area (Å²) >= 11 is 5.72. The molecule has 2 aromatic carbocycles. The van der Waals surface area contributed by atoms with E-state index in [1.165, 1.54) is 30.3 Å². The fourth-order valence-electron chi connectivity index (χ4n) is 4.30. The summed E-state index contributed by atoms with van der Waals surface area (Å²) in [4.78, 5) is 51.7. The van der Waals surface area contributed by atoms with E-state index in [0.717, 1.165) is 17.0 Å². The number of nitrogens with zero attached hydrogens (tertiary/aromatic N) is 3. The molecule has 4 amide bonds. The summed E-state index contributed by atoms with van der Waals surface area (Å²) in [6, 6.07) is 8.44. The highest BCUT2D eigenvalue weighted by molar-refractivity contribution is 6.42. The Bertz CT molecular complexity index is 1320. The maximum Gasteiger partial charge on any atom is 0.348 e. The smallest absolute Gasteiger partial charge is 0.348 e. The van der Waals surface area contributed by atoms with Crippen molar-refractivity contribution in [3.05, 3.63) is 69.7 Å². The molecule has 176 valence electrons. The van der Waals surface area contributed by atoms with Crippen LogP contribution in [0.25, 0.3) is 0 Å². The normalized spacial score (nSPS) is 22.7. The van der Waals surface area contributed by atoms with E-state index in [-0.39, 0.29) is 38.7 Å². The second kappa shape index (κ2) is 9.38. The van der Waals surface area contributed by atoms with Crippen LogP contribution in [0.15, 0.2) is 42.5 Å². The molecule has 10 radical (unpaired) electrons. The first-order chi connectivity index (χ1) is 17.2. The molecule has 15 heteroatoms. The molecule has 0 spiro atoms. The molecule has 0 aromatic heterocycles. The predicted octanol–water partition coefficient (Wildman–Crippen LogP) is 0.831. The Labute approximate surface area is 222 Å². The second-order valence-corrected chi connectivity index (χ2v) is 9.23. The molecule has 0 bridgehead atoms. The minimum absolute atomic E-state index is 0.129. The van der Waals surface area contributed by atoms with Gasteiger partial charge in [0.15, 0.2) is 0 Å². The standard InChI is InChI=1S/C22H13B5ClF2N3O4/c23-15-8-21(25,19(36)33(27)18(15)35)31-9-11-7-10(1-6-14(11)17(31)34)16(24)32(26)20(37)22(29,30)12-2-4-13(28)5-3-12/h1-7,15-16H,8-9H2/t15?,16?,21-/m1/s1. The van der Waals surface area contributed by atoms with Crippen molar-refractivity contribution in [3.8, 4) is 0 Å². The summed E-state index contributed by atoms with van der Waals surface area (Å²) in [7, 11) is 29.2. The van der Waals surface area contributed by atoms with Crippen molar-refractivity contribution in [3.63, 3.8) is 0 Å². The van der Waals surface area contributed by atoms with Gasteiger partial charge in [-0.15, -0.1) is 0 Å². The monoisotopic (exact) mass is 511 g/mol. The fourth-order valence-corrected chi connectivity index (χ4v) is 4.43. The van der Waals surface area contributed by atoms with Crippen LogP contribution >= 0.6 is 11.6 Å². The topological polar surface area (TPSA) is 78.0 Å². The molecule has 2 aromatic rings. The minimum Gasteiger partial charge on any atom is -0.393 e. The number of amides is 4. The number of piperidine rings is 1. The molecule has 0 aliphatic carbocycles. The summed E-state index contributed by atoms with van der Waals surface area (Å²) in [5.74, 6) is -11.0. The predicted molar refractivity (Wildman–Crippen MR) is 133 cm³/mol. The molecular formula is C22H13B5ClF2N3O4. The van der Waals surface area contributed by atoms with E-state index in [1.54, 1.807) is 0 Å². The van der Waals surface area contributed by atoms with Crippen molar-refractivity contribution in [2.75, 3.05) is 0 Å². The summed E-state index contributed by atoms with van der Waals surface area (Å²) in [6.45, 7) is -0.203. The molecular weight excluding hydrogens is 498 g/mol. The summed E-state index contributed by atoms with van der Waals surface area (Å²) in [5, 5.41) is 0.206. The molecule has 37 heavy (non-hydrogen) atoms. The highest BCUT2D eigenvalue weighted by Crippen LogP contribution is 2.38. The number of carbonyl (C=O) groups is 4. The van der Waals surface area contributed by atoms with Crippen LogP contribution in [-0.2, 0) is 26.9 Å². The van der Waals surface area contributed by atoms with Crippen molar-refractivity contribution in [1.82, 2.24) is 14.5 Å². The maximum absolute atomic E-state index is 14.8. The molecule has 7 nitrogen and oxygen atoms in total. The van der Waals surface area contributed by atoms with E-state index in [9.17, 15) is 28.0 Å². The number of rotatable bonds is 5. The second-order valence-electron chi connectivity index (χ2n) is 8.79. The molecule has 1 saturated heterocycles. The van der Waals surface area contributed by atoms with Gasteiger partial charge in [-0.1, -0.05) is 35.9 Å². The third kappa shape index (κ3) is 4.39. The van der Waals surface area contributed by atoms with Crippen LogP contribution in [0.3, 0.4) is 0 Å². The number of halogens is 3. The molecule has 4 rings (SSSR count). The Kier molecular flexibility index (Phi) is 6.86. The zero-order valence-electron chi connectivity index (χ0n) is 19.1. The van der Waals surface area contributed by atoms with Gasteiger partial charge in [0.2, 0.25) is 27.8 Å². The van der Waals surface area contributed by atoms with Crippen LogP contribution < -0.4 is 0 Å². The van der Waals surface area contributed by atoms with E-state index < -0.39 is 52.3 Å². The van der Waals surface area contributed by atoms with Crippen LogP contribution in [0.1, 0.15) is 39.4 Å². The lowest BCUT2D eigenvalue weighted by Gasteiger charge is -2.46. The lowest BCUT2D eigenvalue weighted by molar-refractivity contribution is -0.154. The van der Waals surface area contributed by atoms with Gasteiger partial charge in [-0.2, -0.15) is 8.78 Å². The average molecular weight is 511 g/mol. The third-order valence-corrected chi connectivity index (χ3v) is 6.69. The van der Waals surface area contributed by atoms with Crippen molar-refractivity contribution < 1.29 is 28.0 Å². The highest BCUT2D eigenvalue weighted by atomic mass is 35.5. The van der Waals surface area contributed by atoms with Crippen LogP contribution in [0, 0.1) is 0 Å². The SMILES string of the molecule is [B]C1C[C@@]([B])(N2Cc3cc(C([B])N([B])C(=O)C(F)(F)c4ccc(Cl)cc4)ccc3C2=O)C(=O)N([B])C1=O. The van der Waals surface area contributed by atoms with Gasteiger partial charge in [0, 0.05) is 34.5 Å². The Morgan fingerprint density at radius 2 is 1.78 bits per heavy atom. The quantitative estimate of drug-likeness (QED) is 0.441. The number of benzene rings is 2. The van der Waals surface area contributed by atoms with Gasteiger partial charge in [0.05, 0.1) is 13.3 Å². The largest absolute Gasteiger partial charge is 0.393 e. The molecule has 2 unspecified atom stereocenters. The van der Waals surface area contributed by atoms with Gasteiger partial charge >= 0.3 is 5.92 Å². The number of imide groups is 1.